The van der Waals surface area contributed by atoms with E-state index in [4.69, 9.17) is 10.5 Å². The lowest BCUT2D eigenvalue weighted by atomic mass is 9.58. The molecule has 9 nitrogen and oxygen atoms in total. The molecule has 5 rings (SSSR count). The molecule has 0 radical (unpaired) electrons. The van der Waals surface area contributed by atoms with Crippen LogP contribution < -0.4 is 5.73 Å². The summed E-state index contributed by atoms with van der Waals surface area (Å²) in [6.07, 6.45) is 0.470. The van der Waals surface area contributed by atoms with E-state index in [9.17, 15) is 29.7 Å². The van der Waals surface area contributed by atoms with E-state index in [1.54, 1.807) is 31.1 Å². The molecule has 0 spiro atoms. The van der Waals surface area contributed by atoms with Crippen LogP contribution in [0.3, 0.4) is 0 Å². The Hall–Kier alpha value is -3.95. The van der Waals surface area contributed by atoms with Crippen LogP contribution in [-0.4, -0.2) is 63.4 Å². The number of phenolic OH excluding ortho intramolecular Hbond substituents is 1. The number of allylic oxidation sites excluding steroid dienone is 1. The van der Waals surface area contributed by atoms with Gasteiger partial charge in [-0.1, -0.05) is 42.5 Å². The van der Waals surface area contributed by atoms with Crippen LogP contribution in [0.2, 0.25) is 0 Å². The maximum absolute atomic E-state index is 13.8. The molecule has 1 amide bonds. The lowest BCUT2D eigenvalue weighted by Gasteiger charge is -2.50. The summed E-state index contributed by atoms with van der Waals surface area (Å²) in [5.74, 6) is -5.35. The van der Waals surface area contributed by atoms with E-state index in [0.717, 1.165) is 5.56 Å². The number of Topliss-reactive ketones (excluding diaryl/α,β-unsaturated/α-hetero) is 2. The average molecular weight is 505 g/mol. The summed E-state index contributed by atoms with van der Waals surface area (Å²) in [5, 5.41) is 33.6. The van der Waals surface area contributed by atoms with E-state index in [-0.39, 0.29) is 35.7 Å². The first-order chi connectivity index (χ1) is 17.6. The molecule has 0 saturated heterocycles. The van der Waals surface area contributed by atoms with Gasteiger partial charge in [-0.25, -0.2) is 0 Å². The van der Waals surface area contributed by atoms with Crippen molar-refractivity contribution in [3.63, 3.8) is 0 Å². The predicted octanol–water partition coefficient (Wildman–Crippen LogP) is 1.78. The molecule has 3 aliphatic carbocycles. The van der Waals surface area contributed by atoms with Gasteiger partial charge >= 0.3 is 0 Å². The van der Waals surface area contributed by atoms with Crippen LogP contribution in [0.1, 0.15) is 27.9 Å². The Morgan fingerprint density at radius 1 is 1.11 bits per heavy atom. The standard InChI is InChI=1S/C28H28N2O7/c1-30(2)22-17-12-16-11-15-9-6-10-18(31)19(15)23(32)20(16)25(33)28(17,36)26(34)21(27(29)35)24(22)37-13-14-7-4-3-5-8-14/h3-10,16-17,22,31,33,36H,11-13H2,1-2H3,(H2,29,35)/t16-,17-,22-,28+/m0/s1. The number of fused-ring (bicyclic) bond motifs is 3. The molecule has 3 aliphatic rings. The largest absolute Gasteiger partial charge is 0.508 e. The lowest BCUT2D eigenvalue weighted by Crippen LogP contribution is -2.64. The molecular weight excluding hydrogens is 476 g/mol. The number of aliphatic hydroxyl groups is 2. The third-order valence-corrected chi connectivity index (χ3v) is 7.68. The molecular formula is C28H28N2O7. The number of ether oxygens (including phenoxy) is 1. The number of carbonyl (C=O) groups excluding carboxylic acids is 3. The molecule has 192 valence electrons. The first kappa shape index (κ1) is 24.7. The molecule has 0 saturated carbocycles. The van der Waals surface area contributed by atoms with Crippen molar-refractivity contribution in [2.24, 2.45) is 17.6 Å². The van der Waals surface area contributed by atoms with Crippen LogP contribution in [0.25, 0.3) is 0 Å². The Labute approximate surface area is 213 Å². The number of amides is 1. The molecule has 2 aromatic carbocycles. The Bertz CT molecular complexity index is 1380. The molecule has 37 heavy (non-hydrogen) atoms. The highest BCUT2D eigenvalue weighted by atomic mass is 16.5. The highest BCUT2D eigenvalue weighted by molar-refractivity contribution is 6.24. The number of aliphatic hydroxyl groups excluding tert-OH is 1. The normalized spacial score (nSPS) is 27.1. The number of nitrogens with zero attached hydrogens (tertiary/aromatic N) is 1. The number of benzene rings is 2. The molecule has 5 N–H and O–H groups in total. The second-order valence-corrected chi connectivity index (χ2v) is 10.0. The van der Waals surface area contributed by atoms with E-state index in [2.05, 4.69) is 0 Å². The number of nitrogens with two attached hydrogens (primary N) is 1. The molecule has 0 aliphatic heterocycles. The van der Waals surface area contributed by atoms with Gasteiger partial charge in [-0.05, 0) is 50.0 Å². The monoisotopic (exact) mass is 504 g/mol. The second-order valence-electron chi connectivity index (χ2n) is 10.0. The minimum absolute atomic E-state index is 0.0254. The number of rotatable bonds is 5. The summed E-state index contributed by atoms with van der Waals surface area (Å²) in [6.45, 7) is 0.0529. The Balaban J connectivity index is 1.66. The van der Waals surface area contributed by atoms with Gasteiger partial charge in [0.15, 0.2) is 11.4 Å². The zero-order valence-corrected chi connectivity index (χ0v) is 20.5. The minimum Gasteiger partial charge on any atom is -0.508 e. The summed E-state index contributed by atoms with van der Waals surface area (Å²) in [5.41, 5.74) is 3.83. The first-order valence-electron chi connectivity index (χ1n) is 12.0. The quantitative estimate of drug-likeness (QED) is 0.450. The summed E-state index contributed by atoms with van der Waals surface area (Å²) >= 11 is 0. The number of aromatic hydroxyl groups is 1. The summed E-state index contributed by atoms with van der Waals surface area (Å²) < 4.78 is 6.05. The smallest absolute Gasteiger partial charge is 0.255 e. The molecule has 4 atom stereocenters. The predicted molar refractivity (Wildman–Crippen MR) is 132 cm³/mol. The molecule has 0 heterocycles. The van der Waals surface area contributed by atoms with Crippen LogP contribution in [0.5, 0.6) is 5.75 Å². The van der Waals surface area contributed by atoms with E-state index >= 15 is 0 Å². The fraction of sp³-hybridized carbons (Fsp3) is 0.321. The Morgan fingerprint density at radius 2 is 1.81 bits per heavy atom. The van der Waals surface area contributed by atoms with Gasteiger partial charge in [-0.15, -0.1) is 0 Å². The third kappa shape index (κ3) is 3.65. The van der Waals surface area contributed by atoms with E-state index < -0.39 is 52.3 Å². The number of ketones is 2. The van der Waals surface area contributed by atoms with Gasteiger partial charge in [0.1, 0.15) is 29.4 Å². The second kappa shape index (κ2) is 8.86. The zero-order chi connectivity index (χ0) is 26.6. The van der Waals surface area contributed by atoms with Crippen LogP contribution in [-0.2, 0) is 27.4 Å². The zero-order valence-electron chi connectivity index (χ0n) is 20.5. The average Bonchev–Trinajstić information content (AvgIpc) is 2.85. The lowest BCUT2D eigenvalue weighted by molar-refractivity contribution is -0.149. The number of phenols is 1. The fourth-order valence-corrected chi connectivity index (χ4v) is 6.05. The van der Waals surface area contributed by atoms with Crippen LogP contribution in [0.15, 0.2) is 71.2 Å². The van der Waals surface area contributed by atoms with E-state index in [1.165, 1.54) is 6.07 Å². The van der Waals surface area contributed by atoms with Crippen LogP contribution >= 0.6 is 0 Å². The number of likely N-dealkylation sites (N-methyl/N-ethyl adjacent to an activating group) is 1. The minimum atomic E-state index is -2.57. The topological polar surface area (TPSA) is 150 Å². The third-order valence-electron chi connectivity index (χ3n) is 7.68. The SMILES string of the molecule is CN(C)[C@@H]1C(OCc2ccccc2)=C(C(N)=O)C(=O)[C@]2(O)C(O)=C3C(=O)c4c(O)cccc4C[C@H]3C[C@@H]12. The van der Waals surface area contributed by atoms with Crippen LogP contribution in [0.4, 0.5) is 0 Å². The highest BCUT2D eigenvalue weighted by Gasteiger charge is 2.63. The molecule has 9 heteroatoms. The molecule has 0 aromatic heterocycles. The van der Waals surface area contributed by atoms with Crippen molar-refractivity contribution in [3.8, 4) is 5.75 Å². The molecule has 0 fully saturated rings. The molecule has 0 bridgehead atoms. The number of hydrogen-bond donors (Lipinski definition) is 4. The number of primary amides is 1. The van der Waals surface area contributed by atoms with Gasteiger partial charge in [-0.3, -0.25) is 19.3 Å². The molecule has 0 unspecified atom stereocenters. The van der Waals surface area contributed by atoms with E-state index in [1.807, 2.05) is 30.3 Å². The van der Waals surface area contributed by atoms with Crippen molar-refractivity contribution in [1.29, 1.82) is 0 Å². The Morgan fingerprint density at radius 3 is 2.46 bits per heavy atom. The maximum Gasteiger partial charge on any atom is 0.255 e. The molecule has 2 aromatic rings. The maximum atomic E-state index is 13.8. The van der Waals surface area contributed by atoms with Gasteiger partial charge < -0.3 is 25.8 Å². The van der Waals surface area contributed by atoms with Gasteiger partial charge in [0.2, 0.25) is 5.78 Å². The number of carbonyl (C=O) groups is 3. The van der Waals surface area contributed by atoms with Crippen molar-refractivity contribution in [3.05, 3.63) is 87.9 Å². The van der Waals surface area contributed by atoms with Gasteiger partial charge in [0, 0.05) is 11.5 Å². The fourth-order valence-electron chi connectivity index (χ4n) is 6.05. The van der Waals surface area contributed by atoms with E-state index in [0.29, 0.717) is 12.0 Å². The van der Waals surface area contributed by atoms with Crippen LogP contribution in [0, 0.1) is 11.8 Å². The van der Waals surface area contributed by atoms with Gasteiger partial charge in [-0.2, -0.15) is 0 Å². The van der Waals surface area contributed by atoms with Crippen molar-refractivity contribution < 1.29 is 34.4 Å². The summed E-state index contributed by atoms with van der Waals surface area (Å²) in [6, 6.07) is 13.1. The first-order valence-corrected chi connectivity index (χ1v) is 12.0. The van der Waals surface area contributed by atoms with Gasteiger partial charge in [0.25, 0.3) is 5.91 Å². The van der Waals surface area contributed by atoms with Crippen molar-refractivity contribution in [2.45, 2.75) is 31.1 Å². The highest BCUT2D eigenvalue weighted by Crippen LogP contribution is 2.52. The van der Waals surface area contributed by atoms with Crippen molar-refractivity contribution in [2.75, 3.05) is 14.1 Å². The summed E-state index contributed by atoms with van der Waals surface area (Å²) in [7, 11) is 3.42. The number of hydrogen-bond acceptors (Lipinski definition) is 8. The van der Waals surface area contributed by atoms with Gasteiger partial charge in [0.05, 0.1) is 11.6 Å². The Kier molecular flexibility index (Phi) is 5.92. The van der Waals surface area contributed by atoms with Crippen molar-refractivity contribution >= 4 is 17.5 Å². The van der Waals surface area contributed by atoms with Crippen molar-refractivity contribution in [1.82, 2.24) is 4.90 Å². The summed E-state index contributed by atoms with van der Waals surface area (Å²) in [4.78, 5) is 41.4.